The summed E-state index contributed by atoms with van der Waals surface area (Å²) in [5.74, 6) is 0.738. The molecule has 0 radical (unpaired) electrons. The summed E-state index contributed by atoms with van der Waals surface area (Å²) in [4.78, 5) is 10.4. The van der Waals surface area contributed by atoms with E-state index in [-0.39, 0.29) is 6.54 Å². The Morgan fingerprint density at radius 1 is 1.08 bits per heavy atom. The molecule has 1 N–H and O–H groups in total. The van der Waals surface area contributed by atoms with Crippen molar-refractivity contribution in [2.75, 3.05) is 11.2 Å². The average molecular weight is 368 g/mol. The van der Waals surface area contributed by atoms with Gasteiger partial charge in [0.1, 0.15) is 12.1 Å². The maximum atomic E-state index is 11.4. The number of hydrogen-bond acceptors (Lipinski definition) is 5. The van der Waals surface area contributed by atoms with Gasteiger partial charge in [-0.3, -0.25) is 4.90 Å². The third-order valence-corrected chi connectivity index (χ3v) is 4.53. The van der Waals surface area contributed by atoms with E-state index >= 15 is 0 Å². The molecule has 26 heavy (non-hydrogen) atoms. The first-order valence-corrected chi connectivity index (χ1v) is 9.98. The van der Waals surface area contributed by atoms with Gasteiger partial charge in [0.15, 0.2) is 0 Å². The van der Waals surface area contributed by atoms with Crippen LogP contribution in [0.15, 0.2) is 67.1 Å². The molecule has 0 bridgehead atoms. The molecule has 1 heterocycles. The standard InChI is InChI=1S/C19H20N4O2S/c1-15-6-3-4-9-18(15)23(19-10-11-20-14-21-19)17-8-5-7-16(12-17)13-22-26(2,24)25/h3-12,14,22H,13H2,1-2H3. The average Bonchev–Trinajstić information content (AvgIpc) is 2.63. The van der Waals surface area contributed by atoms with Crippen LogP contribution in [0.1, 0.15) is 11.1 Å². The molecule has 0 fully saturated rings. The predicted molar refractivity (Wildman–Crippen MR) is 103 cm³/mol. The number of sulfonamides is 1. The Labute approximate surface area is 153 Å². The lowest BCUT2D eigenvalue weighted by molar-refractivity contribution is 0.587. The third-order valence-electron chi connectivity index (χ3n) is 3.86. The fraction of sp³-hybridized carbons (Fsp3) is 0.158. The minimum Gasteiger partial charge on any atom is -0.295 e. The Kier molecular flexibility index (Phi) is 5.29. The van der Waals surface area contributed by atoms with Crippen LogP contribution in [0.5, 0.6) is 0 Å². The lowest BCUT2D eigenvalue weighted by Gasteiger charge is -2.26. The van der Waals surface area contributed by atoms with Crippen LogP contribution in [-0.4, -0.2) is 24.6 Å². The number of rotatable bonds is 6. The first-order valence-electron chi connectivity index (χ1n) is 8.09. The second-order valence-corrected chi connectivity index (χ2v) is 7.79. The van der Waals surface area contributed by atoms with E-state index in [9.17, 15) is 8.42 Å². The van der Waals surface area contributed by atoms with Crippen LogP contribution in [0.3, 0.4) is 0 Å². The molecule has 0 unspecified atom stereocenters. The fourth-order valence-corrected chi connectivity index (χ4v) is 3.07. The Morgan fingerprint density at radius 2 is 1.88 bits per heavy atom. The summed E-state index contributed by atoms with van der Waals surface area (Å²) in [5.41, 5.74) is 3.86. The Balaban J connectivity index is 2.04. The van der Waals surface area contributed by atoms with E-state index in [1.807, 2.05) is 66.4 Å². The number of para-hydroxylation sites is 1. The summed E-state index contributed by atoms with van der Waals surface area (Å²) < 4.78 is 25.3. The van der Waals surface area contributed by atoms with Gasteiger partial charge in [0, 0.05) is 18.4 Å². The highest BCUT2D eigenvalue weighted by Crippen LogP contribution is 2.35. The molecular formula is C19H20N4O2S. The monoisotopic (exact) mass is 368 g/mol. The Hall–Kier alpha value is -2.77. The van der Waals surface area contributed by atoms with Crippen molar-refractivity contribution in [3.63, 3.8) is 0 Å². The van der Waals surface area contributed by atoms with Crippen LogP contribution in [0.4, 0.5) is 17.2 Å². The molecule has 0 amide bonds. The minimum atomic E-state index is -3.25. The highest BCUT2D eigenvalue weighted by Gasteiger charge is 2.15. The molecule has 6 nitrogen and oxygen atoms in total. The van der Waals surface area contributed by atoms with Crippen molar-refractivity contribution < 1.29 is 8.42 Å². The Morgan fingerprint density at radius 3 is 2.58 bits per heavy atom. The van der Waals surface area contributed by atoms with Gasteiger partial charge >= 0.3 is 0 Å². The molecule has 7 heteroatoms. The topological polar surface area (TPSA) is 75.2 Å². The molecule has 0 atom stereocenters. The molecule has 134 valence electrons. The van der Waals surface area contributed by atoms with Gasteiger partial charge in [0.25, 0.3) is 0 Å². The molecule has 1 aromatic heterocycles. The number of aryl methyl sites for hydroxylation is 1. The molecule has 0 aliphatic rings. The smallest absolute Gasteiger partial charge is 0.209 e. The van der Waals surface area contributed by atoms with Crippen molar-refractivity contribution in [2.45, 2.75) is 13.5 Å². The molecule has 0 aliphatic carbocycles. The van der Waals surface area contributed by atoms with Crippen LogP contribution in [0, 0.1) is 6.92 Å². The van der Waals surface area contributed by atoms with Crippen LogP contribution in [-0.2, 0) is 16.6 Å². The van der Waals surface area contributed by atoms with Crippen molar-refractivity contribution >= 4 is 27.2 Å². The van der Waals surface area contributed by atoms with Crippen molar-refractivity contribution in [3.05, 3.63) is 78.2 Å². The molecule has 3 rings (SSSR count). The lowest BCUT2D eigenvalue weighted by Crippen LogP contribution is -2.21. The van der Waals surface area contributed by atoms with Crippen LogP contribution in [0.2, 0.25) is 0 Å². The molecular weight excluding hydrogens is 348 g/mol. The zero-order valence-corrected chi connectivity index (χ0v) is 15.4. The summed E-state index contributed by atoms with van der Waals surface area (Å²) in [6.07, 6.45) is 4.36. The second-order valence-electron chi connectivity index (χ2n) is 5.95. The highest BCUT2D eigenvalue weighted by molar-refractivity contribution is 7.88. The third kappa shape index (κ3) is 4.44. The number of anilines is 3. The summed E-state index contributed by atoms with van der Waals surface area (Å²) in [7, 11) is -3.25. The summed E-state index contributed by atoms with van der Waals surface area (Å²) in [6, 6.07) is 17.6. The SMILES string of the molecule is Cc1ccccc1N(c1cccc(CNS(C)(=O)=O)c1)c1ccncn1. The Bertz CT molecular complexity index is 991. The normalized spacial score (nSPS) is 11.3. The molecule has 0 saturated heterocycles. The van der Waals surface area contributed by atoms with Crippen LogP contribution >= 0.6 is 0 Å². The fourth-order valence-electron chi connectivity index (χ4n) is 2.64. The zero-order chi connectivity index (χ0) is 18.6. The quantitative estimate of drug-likeness (QED) is 0.722. The zero-order valence-electron chi connectivity index (χ0n) is 14.6. The highest BCUT2D eigenvalue weighted by atomic mass is 32.2. The summed E-state index contributed by atoms with van der Waals surface area (Å²) in [5, 5.41) is 0. The van der Waals surface area contributed by atoms with E-state index < -0.39 is 10.0 Å². The molecule has 3 aromatic rings. The molecule has 0 saturated carbocycles. The van der Waals surface area contributed by atoms with Gasteiger partial charge in [0.05, 0.1) is 11.9 Å². The van der Waals surface area contributed by atoms with Crippen LogP contribution in [0.25, 0.3) is 0 Å². The van der Waals surface area contributed by atoms with E-state index in [2.05, 4.69) is 14.7 Å². The first kappa shape index (κ1) is 18.0. The molecule has 0 spiro atoms. The maximum absolute atomic E-state index is 11.4. The minimum absolute atomic E-state index is 0.234. The van der Waals surface area contributed by atoms with Gasteiger partial charge in [-0.25, -0.2) is 23.1 Å². The number of aromatic nitrogens is 2. The van der Waals surface area contributed by atoms with Crippen molar-refractivity contribution in [3.8, 4) is 0 Å². The van der Waals surface area contributed by atoms with Crippen molar-refractivity contribution in [1.82, 2.24) is 14.7 Å². The predicted octanol–water partition coefficient (Wildman–Crippen LogP) is 3.30. The summed E-state index contributed by atoms with van der Waals surface area (Å²) in [6.45, 7) is 2.27. The van der Waals surface area contributed by atoms with E-state index in [1.54, 1.807) is 6.20 Å². The second kappa shape index (κ2) is 7.63. The van der Waals surface area contributed by atoms with Crippen molar-refractivity contribution in [1.29, 1.82) is 0 Å². The molecule has 2 aromatic carbocycles. The van der Waals surface area contributed by atoms with Gasteiger partial charge in [-0.1, -0.05) is 30.3 Å². The van der Waals surface area contributed by atoms with Gasteiger partial charge in [-0.2, -0.15) is 0 Å². The summed E-state index contributed by atoms with van der Waals surface area (Å²) >= 11 is 0. The van der Waals surface area contributed by atoms with E-state index in [4.69, 9.17) is 0 Å². The first-order chi connectivity index (χ1) is 12.4. The van der Waals surface area contributed by atoms with Gasteiger partial charge in [-0.05, 0) is 42.3 Å². The molecule has 0 aliphatic heterocycles. The van der Waals surface area contributed by atoms with Gasteiger partial charge in [0.2, 0.25) is 10.0 Å². The lowest BCUT2D eigenvalue weighted by atomic mass is 10.1. The number of benzene rings is 2. The van der Waals surface area contributed by atoms with Gasteiger partial charge in [-0.15, -0.1) is 0 Å². The maximum Gasteiger partial charge on any atom is 0.209 e. The number of hydrogen-bond donors (Lipinski definition) is 1. The van der Waals surface area contributed by atoms with E-state index in [1.165, 1.54) is 6.33 Å². The largest absolute Gasteiger partial charge is 0.295 e. The van der Waals surface area contributed by atoms with Gasteiger partial charge < -0.3 is 0 Å². The number of nitrogens with one attached hydrogen (secondary N) is 1. The number of nitrogens with zero attached hydrogens (tertiary/aromatic N) is 3. The van der Waals surface area contributed by atoms with E-state index in [0.29, 0.717) is 0 Å². The van der Waals surface area contributed by atoms with Crippen LogP contribution < -0.4 is 9.62 Å². The van der Waals surface area contributed by atoms with Crippen molar-refractivity contribution in [2.24, 2.45) is 0 Å². The van der Waals surface area contributed by atoms with E-state index in [0.717, 1.165) is 34.6 Å².